The van der Waals surface area contributed by atoms with Gasteiger partial charge in [-0.05, 0) is 42.7 Å². The van der Waals surface area contributed by atoms with Crippen molar-refractivity contribution in [3.8, 4) is 5.82 Å². The first-order valence-corrected chi connectivity index (χ1v) is 12.2. The van der Waals surface area contributed by atoms with Crippen LogP contribution < -0.4 is 10.6 Å². The molecule has 39 heavy (non-hydrogen) atoms. The molecule has 0 bridgehead atoms. The molecule has 0 radical (unpaired) electrons. The summed E-state index contributed by atoms with van der Waals surface area (Å²) in [6, 6.07) is 9.02. The summed E-state index contributed by atoms with van der Waals surface area (Å²) in [4.78, 5) is 31.3. The van der Waals surface area contributed by atoms with Gasteiger partial charge in [-0.1, -0.05) is 12.1 Å². The van der Waals surface area contributed by atoms with Crippen molar-refractivity contribution < 1.29 is 36.3 Å². The number of carbonyl (C=O) groups is 2. The van der Waals surface area contributed by atoms with E-state index in [1.54, 1.807) is 37.3 Å². The van der Waals surface area contributed by atoms with E-state index in [9.17, 15) is 31.5 Å². The predicted octanol–water partition coefficient (Wildman–Crippen LogP) is 5.17. The van der Waals surface area contributed by atoms with Crippen LogP contribution in [0.3, 0.4) is 0 Å². The van der Waals surface area contributed by atoms with Gasteiger partial charge in [0.15, 0.2) is 5.69 Å². The number of alkyl halides is 5. The van der Waals surface area contributed by atoms with Crippen molar-refractivity contribution in [1.29, 1.82) is 0 Å². The van der Waals surface area contributed by atoms with Crippen LogP contribution in [0.15, 0.2) is 55.1 Å². The normalized spacial score (nSPS) is 15.7. The second-order valence-corrected chi connectivity index (χ2v) is 9.15. The maximum absolute atomic E-state index is 13.7. The Morgan fingerprint density at radius 1 is 1.13 bits per heavy atom. The molecule has 1 atom stereocenters. The van der Waals surface area contributed by atoms with Gasteiger partial charge in [-0.15, -0.1) is 0 Å². The van der Waals surface area contributed by atoms with Crippen LogP contribution in [0, 0.1) is 5.92 Å². The van der Waals surface area contributed by atoms with E-state index in [0.717, 1.165) is 17.1 Å². The van der Waals surface area contributed by atoms with Gasteiger partial charge in [-0.3, -0.25) is 14.2 Å². The number of hydrogen-bond acceptors (Lipinski definition) is 6. The van der Waals surface area contributed by atoms with Gasteiger partial charge in [0.05, 0.1) is 31.0 Å². The fourth-order valence-corrected chi connectivity index (χ4v) is 4.27. The fourth-order valence-electron chi connectivity index (χ4n) is 4.27. The van der Waals surface area contributed by atoms with Crippen molar-refractivity contribution in [3.63, 3.8) is 0 Å². The highest BCUT2D eigenvalue weighted by Gasteiger charge is 2.48. The third kappa shape index (κ3) is 7.09. The Hall–Kier alpha value is -4.03. The third-order valence-corrected chi connectivity index (χ3v) is 6.25. The van der Waals surface area contributed by atoms with Gasteiger partial charge in [0.25, 0.3) is 5.91 Å². The summed E-state index contributed by atoms with van der Waals surface area (Å²) in [5.74, 6) is -3.76. The molecule has 0 spiro atoms. The number of benzene rings is 1. The highest BCUT2D eigenvalue weighted by molar-refractivity contribution is 5.94. The van der Waals surface area contributed by atoms with Crippen LogP contribution in [-0.2, 0) is 15.7 Å². The molecule has 0 saturated heterocycles. The van der Waals surface area contributed by atoms with Crippen LogP contribution in [0.25, 0.3) is 5.82 Å². The number of aromatic nitrogens is 3. The average molecular weight is 552 g/mol. The van der Waals surface area contributed by atoms with E-state index in [1.807, 2.05) is 0 Å². The number of ether oxygens (including phenoxy) is 1. The molecule has 13 heteroatoms. The van der Waals surface area contributed by atoms with Gasteiger partial charge >= 0.3 is 12.1 Å². The summed E-state index contributed by atoms with van der Waals surface area (Å²) in [5.41, 5.74) is 0.446. The van der Waals surface area contributed by atoms with E-state index in [1.165, 1.54) is 12.3 Å². The van der Waals surface area contributed by atoms with Crippen molar-refractivity contribution in [1.82, 2.24) is 19.9 Å². The van der Waals surface area contributed by atoms with Crippen LogP contribution in [-0.4, -0.2) is 45.5 Å². The molecular weight excluding hydrogens is 525 g/mol. The Labute approximate surface area is 220 Å². The zero-order chi connectivity index (χ0) is 28.2. The van der Waals surface area contributed by atoms with Gasteiger partial charge in [0, 0.05) is 31.1 Å². The lowest BCUT2D eigenvalue weighted by Gasteiger charge is -2.41. The van der Waals surface area contributed by atoms with E-state index in [2.05, 4.69) is 20.6 Å². The molecule has 2 aromatic heterocycles. The molecule has 2 heterocycles. The van der Waals surface area contributed by atoms with Gasteiger partial charge in [-0.2, -0.15) is 13.2 Å². The Kier molecular flexibility index (Phi) is 8.17. The number of carbonyl (C=O) groups excluding carboxylic acids is 2. The smallest absolute Gasteiger partial charge is 0.434 e. The van der Waals surface area contributed by atoms with E-state index in [0.29, 0.717) is 16.8 Å². The first-order chi connectivity index (χ1) is 18.4. The number of esters is 1. The Bertz CT molecular complexity index is 1280. The molecule has 1 aromatic carbocycles. The lowest BCUT2D eigenvalue weighted by Crippen LogP contribution is -2.41. The molecule has 208 valence electrons. The molecule has 1 aliphatic carbocycles. The van der Waals surface area contributed by atoms with Gasteiger partial charge in [0.2, 0.25) is 5.92 Å². The molecule has 8 nitrogen and oxygen atoms in total. The minimum Gasteiger partial charge on any atom is -0.466 e. The molecule has 0 aliphatic heterocycles. The summed E-state index contributed by atoms with van der Waals surface area (Å²) >= 11 is 0. The highest BCUT2D eigenvalue weighted by Crippen LogP contribution is 2.49. The number of anilines is 1. The largest absolute Gasteiger partial charge is 0.466 e. The molecule has 1 saturated carbocycles. The molecule has 1 unspecified atom stereocenters. The highest BCUT2D eigenvalue weighted by atomic mass is 19.4. The van der Waals surface area contributed by atoms with Crippen LogP contribution in [0.2, 0.25) is 0 Å². The zero-order valence-corrected chi connectivity index (χ0v) is 20.8. The maximum atomic E-state index is 13.7. The number of pyridine rings is 1. The van der Waals surface area contributed by atoms with E-state index < -0.39 is 41.6 Å². The Morgan fingerprint density at radius 2 is 1.85 bits per heavy atom. The third-order valence-electron chi connectivity index (χ3n) is 6.25. The molecule has 1 aliphatic rings. The van der Waals surface area contributed by atoms with Crippen LogP contribution in [0.5, 0.6) is 0 Å². The van der Waals surface area contributed by atoms with Crippen LogP contribution in [0.1, 0.15) is 53.8 Å². The Morgan fingerprint density at radius 3 is 2.41 bits per heavy atom. The average Bonchev–Trinajstić information content (AvgIpc) is 3.38. The molecule has 4 rings (SSSR count). The predicted molar refractivity (Wildman–Crippen MR) is 130 cm³/mol. The summed E-state index contributed by atoms with van der Waals surface area (Å²) in [7, 11) is 0. The number of rotatable bonds is 10. The summed E-state index contributed by atoms with van der Waals surface area (Å²) < 4.78 is 71.9. The summed E-state index contributed by atoms with van der Waals surface area (Å²) in [6.45, 7) is 2.05. The lowest BCUT2D eigenvalue weighted by molar-refractivity contribution is -0.143. The molecule has 1 fully saturated rings. The quantitative estimate of drug-likeness (QED) is 0.267. The Balaban J connectivity index is 1.44. The van der Waals surface area contributed by atoms with Gasteiger partial charge < -0.3 is 15.4 Å². The van der Waals surface area contributed by atoms with Crippen molar-refractivity contribution in [2.45, 2.75) is 44.3 Å². The van der Waals surface area contributed by atoms with Gasteiger partial charge in [-0.25, -0.2) is 18.7 Å². The van der Waals surface area contributed by atoms with Crippen LogP contribution in [0.4, 0.5) is 27.6 Å². The van der Waals surface area contributed by atoms with E-state index in [-0.39, 0.29) is 38.2 Å². The van der Waals surface area contributed by atoms with E-state index >= 15 is 0 Å². The van der Waals surface area contributed by atoms with Gasteiger partial charge in [0.1, 0.15) is 12.1 Å². The molecule has 3 aromatic rings. The zero-order valence-electron chi connectivity index (χ0n) is 20.8. The van der Waals surface area contributed by atoms with Crippen molar-refractivity contribution in [2.75, 3.05) is 18.5 Å². The van der Waals surface area contributed by atoms with Crippen molar-refractivity contribution >= 4 is 17.6 Å². The molecule has 2 N–H and O–H groups in total. The first kappa shape index (κ1) is 28.0. The SMILES string of the molecule is CCOC(=O)CCNC(=O)c1ccc(C(Nc2ccc(-n3cnc(C(F)(F)F)c3)nc2)C2CC(F)(F)C2)cc1. The molecular formula is C26H26F5N5O3. The topological polar surface area (TPSA) is 98.1 Å². The van der Waals surface area contributed by atoms with Crippen LogP contribution >= 0.6 is 0 Å². The number of imidazole rings is 1. The second kappa shape index (κ2) is 11.4. The number of amides is 1. The maximum Gasteiger partial charge on any atom is 0.434 e. The standard InChI is InChI=1S/C26H26F5N5O3/c1-2-39-22(37)9-10-32-24(38)17-5-3-16(4-6-17)23(18-11-25(27,28)12-18)35-19-7-8-21(33-13-19)36-14-20(34-15-36)26(29,30)31/h3-8,13-15,18,23,35H,2,9-12H2,1H3,(H,32,38). The lowest BCUT2D eigenvalue weighted by atomic mass is 9.74. The first-order valence-electron chi connectivity index (χ1n) is 12.2. The molecule has 1 amide bonds. The summed E-state index contributed by atoms with van der Waals surface area (Å²) in [5, 5.41) is 5.83. The number of hydrogen-bond donors (Lipinski definition) is 2. The second-order valence-electron chi connectivity index (χ2n) is 9.15. The number of nitrogens with zero attached hydrogens (tertiary/aromatic N) is 3. The number of halogens is 5. The number of nitrogens with one attached hydrogen (secondary N) is 2. The minimum absolute atomic E-state index is 0.0384. The summed E-state index contributed by atoms with van der Waals surface area (Å²) in [6.07, 6.45) is -1.95. The van der Waals surface area contributed by atoms with Crippen molar-refractivity contribution in [3.05, 3.63) is 71.9 Å². The van der Waals surface area contributed by atoms with Crippen molar-refractivity contribution in [2.24, 2.45) is 5.92 Å². The monoisotopic (exact) mass is 551 g/mol. The van der Waals surface area contributed by atoms with E-state index in [4.69, 9.17) is 4.74 Å². The fraction of sp³-hybridized carbons (Fsp3) is 0.385. The minimum atomic E-state index is -4.58.